The molecule has 0 amide bonds. The van der Waals surface area contributed by atoms with Crippen molar-refractivity contribution in [3.05, 3.63) is 17.5 Å². The first kappa shape index (κ1) is 10.3. The van der Waals surface area contributed by atoms with E-state index in [-0.39, 0.29) is 12.7 Å². The Hall–Kier alpha value is -1.20. The summed E-state index contributed by atoms with van der Waals surface area (Å²) in [6, 6.07) is 0. The second-order valence-corrected chi connectivity index (χ2v) is 3.83. The van der Waals surface area contributed by atoms with Crippen LogP contribution in [-0.4, -0.2) is 39.4 Å². The van der Waals surface area contributed by atoms with Crippen molar-refractivity contribution in [1.29, 1.82) is 0 Å². The van der Waals surface area contributed by atoms with Crippen LogP contribution < -0.4 is 4.90 Å². The average molecular weight is 209 g/mol. The molecule has 82 valence electrons. The number of aryl methyl sites for hydroxylation is 1. The Kier molecular flexibility index (Phi) is 2.83. The second kappa shape index (κ2) is 4.12. The third-order valence-corrected chi connectivity index (χ3v) is 2.68. The highest BCUT2D eigenvalue weighted by molar-refractivity contribution is 5.34. The highest BCUT2D eigenvalue weighted by Crippen LogP contribution is 2.17. The van der Waals surface area contributed by atoms with E-state index in [2.05, 4.69) is 9.97 Å². The molecule has 0 aromatic carbocycles. The van der Waals surface area contributed by atoms with E-state index in [1.54, 1.807) is 6.20 Å². The number of hydrogen-bond donors (Lipinski definition) is 2. The van der Waals surface area contributed by atoms with Gasteiger partial charge in [0.25, 0.3) is 0 Å². The number of nitrogens with zero attached hydrogens (tertiary/aromatic N) is 3. The van der Waals surface area contributed by atoms with Crippen molar-refractivity contribution in [2.24, 2.45) is 0 Å². The van der Waals surface area contributed by atoms with Gasteiger partial charge in [0, 0.05) is 30.5 Å². The fourth-order valence-corrected chi connectivity index (χ4v) is 1.71. The van der Waals surface area contributed by atoms with Gasteiger partial charge in [-0.15, -0.1) is 0 Å². The molecule has 1 atom stereocenters. The number of anilines is 1. The summed E-state index contributed by atoms with van der Waals surface area (Å²) < 4.78 is 0. The molecule has 2 heterocycles. The highest BCUT2D eigenvalue weighted by Gasteiger charge is 2.22. The van der Waals surface area contributed by atoms with E-state index in [0.717, 1.165) is 24.2 Å². The van der Waals surface area contributed by atoms with Crippen molar-refractivity contribution >= 4 is 5.95 Å². The van der Waals surface area contributed by atoms with Crippen LogP contribution in [0.4, 0.5) is 5.95 Å². The van der Waals surface area contributed by atoms with Gasteiger partial charge >= 0.3 is 0 Å². The first-order valence-corrected chi connectivity index (χ1v) is 5.07. The second-order valence-electron chi connectivity index (χ2n) is 3.83. The quantitative estimate of drug-likeness (QED) is 0.708. The number of hydrogen-bond acceptors (Lipinski definition) is 5. The Morgan fingerprint density at radius 3 is 2.93 bits per heavy atom. The lowest BCUT2D eigenvalue weighted by atomic mass is 10.2. The molecule has 15 heavy (non-hydrogen) atoms. The van der Waals surface area contributed by atoms with Crippen molar-refractivity contribution in [2.45, 2.75) is 26.1 Å². The number of aliphatic hydroxyl groups is 2. The fourth-order valence-electron chi connectivity index (χ4n) is 1.71. The molecule has 5 heteroatoms. The third kappa shape index (κ3) is 2.08. The van der Waals surface area contributed by atoms with Gasteiger partial charge in [-0.05, 0) is 13.3 Å². The number of aromatic nitrogens is 2. The van der Waals surface area contributed by atoms with Crippen molar-refractivity contribution in [3.8, 4) is 0 Å². The minimum atomic E-state index is -0.272. The number of rotatable bonds is 2. The van der Waals surface area contributed by atoms with E-state index in [1.165, 1.54) is 0 Å². The van der Waals surface area contributed by atoms with E-state index < -0.39 is 0 Å². The molecule has 1 saturated heterocycles. The first-order valence-electron chi connectivity index (χ1n) is 5.07. The van der Waals surface area contributed by atoms with Gasteiger partial charge in [0.05, 0.1) is 12.7 Å². The van der Waals surface area contributed by atoms with E-state index in [1.807, 2.05) is 11.8 Å². The topological polar surface area (TPSA) is 69.5 Å². The largest absolute Gasteiger partial charge is 0.392 e. The smallest absolute Gasteiger partial charge is 0.225 e. The summed E-state index contributed by atoms with van der Waals surface area (Å²) in [7, 11) is 0. The molecule has 1 unspecified atom stereocenters. The van der Waals surface area contributed by atoms with E-state index >= 15 is 0 Å². The zero-order chi connectivity index (χ0) is 10.8. The molecule has 0 radical (unpaired) electrons. The fraction of sp³-hybridized carbons (Fsp3) is 0.600. The zero-order valence-corrected chi connectivity index (χ0v) is 8.72. The van der Waals surface area contributed by atoms with Crippen LogP contribution in [0.25, 0.3) is 0 Å². The van der Waals surface area contributed by atoms with Crippen LogP contribution in [0.3, 0.4) is 0 Å². The monoisotopic (exact) mass is 209 g/mol. The van der Waals surface area contributed by atoms with Crippen molar-refractivity contribution in [1.82, 2.24) is 9.97 Å². The number of β-amino-alcohol motifs (C(OH)–C–C–N with tert-alkyl or cyclic N) is 1. The molecule has 0 aliphatic carbocycles. The van der Waals surface area contributed by atoms with Crippen LogP contribution >= 0.6 is 0 Å². The van der Waals surface area contributed by atoms with Crippen LogP contribution in [-0.2, 0) is 6.61 Å². The van der Waals surface area contributed by atoms with Gasteiger partial charge in [0.15, 0.2) is 0 Å². The molecule has 1 aliphatic heterocycles. The van der Waals surface area contributed by atoms with Gasteiger partial charge in [-0.1, -0.05) is 0 Å². The summed E-state index contributed by atoms with van der Waals surface area (Å²) >= 11 is 0. The number of aliphatic hydroxyl groups excluding tert-OH is 2. The predicted octanol–water partition coefficient (Wildman–Crippen LogP) is -0.152. The first-order chi connectivity index (χ1) is 7.20. The molecule has 5 nitrogen and oxygen atoms in total. The van der Waals surface area contributed by atoms with Gasteiger partial charge in [-0.3, -0.25) is 0 Å². The Bertz CT molecular complexity index is 357. The minimum absolute atomic E-state index is 0.0330. The van der Waals surface area contributed by atoms with E-state index in [0.29, 0.717) is 12.5 Å². The molecule has 0 saturated carbocycles. The molecule has 1 aromatic heterocycles. The van der Waals surface area contributed by atoms with Crippen LogP contribution in [0.1, 0.15) is 17.7 Å². The van der Waals surface area contributed by atoms with Crippen molar-refractivity contribution in [3.63, 3.8) is 0 Å². The molecule has 2 rings (SSSR count). The van der Waals surface area contributed by atoms with Crippen LogP contribution in [0.15, 0.2) is 6.20 Å². The lowest BCUT2D eigenvalue weighted by Crippen LogP contribution is -2.23. The molecule has 1 fully saturated rings. The molecule has 2 N–H and O–H groups in total. The zero-order valence-electron chi connectivity index (χ0n) is 8.72. The highest BCUT2D eigenvalue weighted by atomic mass is 16.3. The third-order valence-electron chi connectivity index (χ3n) is 2.68. The van der Waals surface area contributed by atoms with Crippen LogP contribution in [0.5, 0.6) is 0 Å². The molecule has 0 bridgehead atoms. The van der Waals surface area contributed by atoms with Gasteiger partial charge in [0.2, 0.25) is 5.95 Å². The van der Waals surface area contributed by atoms with E-state index in [9.17, 15) is 5.11 Å². The lowest BCUT2D eigenvalue weighted by molar-refractivity contribution is 0.198. The lowest BCUT2D eigenvalue weighted by Gasteiger charge is -2.16. The molecule has 1 aromatic rings. The maximum absolute atomic E-state index is 9.39. The molecule has 1 aliphatic rings. The summed E-state index contributed by atoms with van der Waals surface area (Å²) in [4.78, 5) is 10.4. The van der Waals surface area contributed by atoms with Gasteiger partial charge < -0.3 is 15.1 Å². The Balaban J connectivity index is 2.19. The van der Waals surface area contributed by atoms with Crippen molar-refractivity contribution < 1.29 is 10.2 Å². The SMILES string of the molecule is Cc1nc(N2CCC(O)C2)ncc1CO. The molecule has 0 spiro atoms. The Morgan fingerprint density at radius 2 is 2.40 bits per heavy atom. The van der Waals surface area contributed by atoms with Gasteiger partial charge in [0.1, 0.15) is 0 Å². The summed E-state index contributed by atoms with van der Waals surface area (Å²) in [6.45, 7) is 3.20. The van der Waals surface area contributed by atoms with Crippen LogP contribution in [0, 0.1) is 6.92 Å². The predicted molar refractivity (Wildman–Crippen MR) is 55.5 cm³/mol. The van der Waals surface area contributed by atoms with Gasteiger partial charge in [-0.2, -0.15) is 0 Å². The summed E-state index contributed by atoms with van der Waals surface area (Å²) in [5, 5.41) is 18.4. The average Bonchev–Trinajstić information content (AvgIpc) is 2.65. The summed E-state index contributed by atoms with van der Waals surface area (Å²) in [5.41, 5.74) is 1.54. The Labute approximate surface area is 88.4 Å². The van der Waals surface area contributed by atoms with Crippen molar-refractivity contribution in [2.75, 3.05) is 18.0 Å². The maximum atomic E-state index is 9.39. The standard InChI is InChI=1S/C10H15N3O2/c1-7-8(6-14)4-11-10(12-7)13-3-2-9(15)5-13/h4,9,14-15H,2-3,5-6H2,1H3. The normalized spacial score (nSPS) is 21.0. The maximum Gasteiger partial charge on any atom is 0.225 e. The summed E-state index contributed by atoms with van der Waals surface area (Å²) in [5.74, 6) is 0.640. The van der Waals surface area contributed by atoms with Crippen LogP contribution in [0.2, 0.25) is 0 Å². The Morgan fingerprint density at radius 1 is 1.60 bits per heavy atom. The molecular formula is C10H15N3O2. The van der Waals surface area contributed by atoms with E-state index in [4.69, 9.17) is 5.11 Å². The summed E-state index contributed by atoms with van der Waals surface area (Å²) in [6.07, 6.45) is 2.14. The minimum Gasteiger partial charge on any atom is -0.392 e. The molecular weight excluding hydrogens is 194 g/mol. The van der Waals surface area contributed by atoms with Gasteiger partial charge in [-0.25, -0.2) is 9.97 Å².